The van der Waals surface area contributed by atoms with Crippen LogP contribution in [0.25, 0.3) is 0 Å². The fraction of sp³-hybridized carbons (Fsp3) is 0.0714. The SMILES string of the molecule is NC(=S)c1cc(F)ccc1COc1cc(Br)cc(F)c1F. The Labute approximate surface area is 132 Å². The summed E-state index contributed by atoms with van der Waals surface area (Å²) in [7, 11) is 0. The highest BCUT2D eigenvalue weighted by atomic mass is 79.9. The summed E-state index contributed by atoms with van der Waals surface area (Å²) in [5.74, 6) is -2.90. The van der Waals surface area contributed by atoms with Crippen LogP contribution in [0.15, 0.2) is 34.8 Å². The summed E-state index contributed by atoms with van der Waals surface area (Å²) in [6.07, 6.45) is 0. The van der Waals surface area contributed by atoms with Gasteiger partial charge in [0.15, 0.2) is 11.6 Å². The van der Waals surface area contributed by atoms with Crippen LogP contribution in [0.5, 0.6) is 5.75 Å². The van der Waals surface area contributed by atoms with E-state index in [9.17, 15) is 13.2 Å². The fourth-order valence-corrected chi connectivity index (χ4v) is 2.30. The summed E-state index contributed by atoms with van der Waals surface area (Å²) in [6.45, 7) is -0.125. The normalized spacial score (nSPS) is 10.5. The fourth-order valence-electron chi connectivity index (χ4n) is 1.70. The van der Waals surface area contributed by atoms with Gasteiger partial charge in [-0.15, -0.1) is 0 Å². The van der Waals surface area contributed by atoms with Gasteiger partial charge in [0.25, 0.3) is 0 Å². The van der Waals surface area contributed by atoms with Crippen molar-refractivity contribution in [3.8, 4) is 5.75 Å². The van der Waals surface area contributed by atoms with Crippen LogP contribution in [0, 0.1) is 17.5 Å². The van der Waals surface area contributed by atoms with Gasteiger partial charge in [-0.1, -0.05) is 34.2 Å². The lowest BCUT2D eigenvalue weighted by molar-refractivity contribution is 0.284. The standard InChI is InChI=1S/C14H9BrF3NOS/c15-8-3-11(17)13(18)12(4-8)20-6-7-1-2-9(16)5-10(7)14(19)21/h1-5H,6H2,(H2,19,21). The molecule has 0 fully saturated rings. The van der Waals surface area contributed by atoms with E-state index < -0.39 is 17.5 Å². The zero-order chi connectivity index (χ0) is 15.6. The number of benzene rings is 2. The summed E-state index contributed by atoms with van der Waals surface area (Å²) in [4.78, 5) is -0.00556. The Balaban J connectivity index is 2.27. The minimum absolute atomic E-state index is 0.00556. The number of ether oxygens (including phenoxy) is 1. The Morgan fingerprint density at radius 3 is 2.57 bits per heavy atom. The van der Waals surface area contributed by atoms with Crippen molar-refractivity contribution in [3.05, 3.63) is 63.4 Å². The third kappa shape index (κ3) is 3.74. The number of nitrogens with two attached hydrogens (primary N) is 1. The lowest BCUT2D eigenvalue weighted by Crippen LogP contribution is -2.14. The van der Waals surface area contributed by atoms with Crippen LogP contribution in [0.3, 0.4) is 0 Å². The number of rotatable bonds is 4. The van der Waals surface area contributed by atoms with E-state index in [0.29, 0.717) is 15.6 Å². The second kappa shape index (κ2) is 6.44. The van der Waals surface area contributed by atoms with Gasteiger partial charge in [-0.3, -0.25) is 0 Å². The van der Waals surface area contributed by atoms with Crippen molar-refractivity contribution in [1.82, 2.24) is 0 Å². The van der Waals surface area contributed by atoms with Gasteiger partial charge in [0.2, 0.25) is 5.82 Å². The molecule has 0 aliphatic rings. The second-order valence-corrected chi connectivity index (χ2v) is 5.51. The first kappa shape index (κ1) is 15.8. The molecule has 0 saturated heterocycles. The van der Waals surface area contributed by atoms with Crippen LogP contribution in [-0.4, -0.2) is 4.99 Å². The van der Waals surface area contributed by atoms with Gasteiger partial charge in [-0.05, 0) is 29.8 Å². The molecule has 0 aliphatic heterocycles. The van der Waals surface area contributed by atoms with Crippen LogP contribution in [0.4, 0.5) is 13.2 Å². The van der Waals surface area contributed by atoms with Crippen LogP contribution >= 0.6 is 28.1 Å². The van der Waals surface area contributed by atoms with E-state index in [2.05, 4.69) is 15.9 Å². The van der Waals surface area contributed by atoms with Crippen molar-refractivity contribution in [3.63, 3.8) is 0 Å². The molecular weight excluding hydrogens is 367 g/mol. The molecule has 2 aromatic rings. The van der Waals surface area contributed by atoms with Gasteiger partial charge in [0.05, 0.1) is 0 Å². The lowest BCUT2D eigenvalue weighted by Gasteiger charge is -2.11. The molecule has 0 radical (unpaired) electrons. The van der Waals surface area contributed by atoms with Gasteiger partial charge in [-0.25, -0.2) is 8.78 Å². The van der Waals surface area contributed by atoms with Gasteiger partial charge in [-0.2, -0.15) is 4.39 Å². The summed E-state index contributed by atoms with van der Waals surface area (Å²) >= 11 is 7.86. The molecule has 0 spiro atoms. The largest absolute Gasteiger partial charge is 0.486 e. The molecule has 0 aliphatic carbocycles. The molecule has 0 unspecified atom stereocenters. The maximum Gasteiger partial charge on any atom is 0.200 e. The minimum Gasteiger partial charge on any atom is -0.486 e. The van der Waals surface area contributed by atoms with Crippen molar-refractivity contribution < 1.29 is 17.9 Å². The number of halogens is 4. The predicted molar refractivity (Wildman–Crippen MR) is 80.7 cm³/mol. The maximum absolute atomic E-state index is 13.6. The molecule has 0 heterocycles. The summed E-state index contributed by atoms with van der Waals surface area (Å²) in [5.41, 5.74) is 6.27. The molecule has 0 bridgehead atoms. The van der Waals surface area contributed by atoms with Gasteiger partial charge in [0.1, 0.15) is 17.4 Å². The first-order chi connectivity index (χ1) is 9.88. The lowest BCUT2D eigenvalue weighted by atomic mass is 10.1. The molecule has 0 atom stereocenters. The third-order valence-electron chi connectivity index (χ3n) is 2.68. The zero-order valence-corrected chi connectivity index (χ0v) is 12.9. The number of hydrogen-bond donors (Lipinski definition) is 1. The zero-order valence-electron chi connectivity index (χ0n) is 10.5. The first-order valence-electron chi connectivity index (χ1n) is 5.74. The van der Waals surface area contributed by atoms with E-state index >= 15 is 0 Å². The van der Waals surface area contributed by atoms with E-state index in [-0.39, 0.29) is 17.3 Å². The Morgan fingerprint density at radius 2 is 1.90 bits per heavy atom. The summed E-state index contributed by atoms with van der Waals surface area (Å²) < 4.78 is 45.6. The summed E-state index contributed by atoms with van der Waals surface area (Å²) in [6, 6.07) is 6.08. The van der Waals surface area contributed by atoms with E-state index in [1.165, 1.54) is 24.3 Å². The molecule has 2 aromatic carbocycles. The highest BCUT2D eigenvalue weighted by Gasteiger charge is 2.13. The average Bonchev–Trinajstić information content (AvgIpc) is 2.42. The van der Waals surface area contributed by atoms with Crippen molar-refractivity contribution in [2.45, 2.75) is 6.61 Å². The smallest absolute Gasteiger partial charge is 0.200 e. The molecular formula is C14H9BrF3NOS. The molecule has 0 aromatic heterocycles. The van der Waals surface area contributed by atoms with Crippen LogP contribution < -0.4 is 10.5 Å². The Morgan fingerprint density at radius 1 is 1.19 bits per heavy atom. The highest BCUT2D eigenvalue weighted by molar-refractivity contribution is 9.10. The predicted octanol–water partition coefficient (Wildman–Crippen LogP) is 4.08. The number of thiocarbonyl (C=S) groups is 1. The van der Waals surface area contributed by atoms with E-state index in [0.717, 1.165) is 6.07 Å². The molecule has 2 N–H and O–H groups in total. The molecule has 0 amide bonds. The topological polar surface area (TPSA) is 35.2 Å². The maximum atomic E-state index is 13.6. The van der Waals surface area contributed by atoms with Crippen LogP contribution in [0.2, 0.25) is 0 Å². The van der Waals surface area contributed by atoms with Gasteiger partial charge in [0, 0.05) is 10.0 Å². The van der Waals surface area contributed by atoms with Crippen molar-refractivity contribution in [1.29, 1.82) is 0 Å². The second-order valence-electron chi connectivity index (χ2n) is 4.15. The molecule has 2 rings (SSSR count). The number of hydrogen-bond acceptors (Lipinski definition) is 2. The first-order valence-corrected chi connectivity index (χ1v) is 6.94. The van der Waals surface area contributed by atoms with Crippen molar-refractivity contribution in [2.24, 2.45) is 5.73 Å². The Kier molecular flexibility index (Phi) is 4.84. The molecule has 2 nitrogen and oxygen atoms in total. The van der Waals surface area contributed by atoms with Crippen LogP contribution in [0.1, 0.15) is 11.1 Å². The Hall–Kier alpha value is -1.60. The quantitative estimate of drug-likeness (QED) is 0.645. The van der Waals surface area contributed by atoms with Gasteiger partial charge >= 0.3 is 0 Å². The Bertz CT molecular complexity index is 709. The van der Waals surface area contributed by atoms with Crippen molar-refractivity contribution >= 4 is 33.1 Å². The highest BCUT2D eigenvalue weighted by Crippen LogP contribution is 2.26. The van der Waals surface area contributed by atoms with E-state index in [4.69, 9.17) is 22.7 Å². The monoisotopic (exact) mass is 375 g/mol. The summed E-state index contributed by atoms with van der Waals surface area (Å²) in [5, 5.41) is 0. The van der Waals surface area contributed by atoms with E-state index in [1.54, 1.807) is 0 Å². The van der Waals surface area contributed by atoms with Gasteiger partial charge < -0.3 is 10.5 Å². The van der Waals surface area contributed by atoms with E-state index in [1.807, 2.05) is 0 Å². The van der Waals surface area contributed by atoms with Crippen LogP contribution in [-0.2, 0) is 6.61 Å². The molecule has 110 valence electrons. The molecule has 0 saturated carbocycles. The molecule has 21 heavy (non-hydrogen) atoms. The average molecular weight is 376 g/mol. The van der Waals surface area contributed by atoms with Crippen molar-refractivity contribution in [2.75, 3.05) is 0 Å². The minimum atomic E-state index is -1.10. The molecule has 7 heteroatoms. The third-order valence-corrected chi connectivity index (χ3v) is 3.36.